The van der Waals surface area contributed by atoms with E-state index in [0.29, 0.717) is 0 Å². The zero-order chi connectivity index (χ0) is 19.5. The van der Waals surface area contributed by atoms with Gasteiger partial charge in [-0.05, 0) is 31.4 Å². The maximum atomic E-state index is 13.0. The lowest BCUT2D eigenvalue weighted by Gasteiger charge is -2.33. The highest BCUT2D eigenvalue weighted by atomic mass is 32.2. The van der Waals surface area contributed by atoms with E-state index >= 15 is 0 Å². The van der Waals surface area contributed by atoms with E-state index in [4.69, 9.17) is 9.97 Å². The smallest absolute Gasteiger partial charge is 0.236 e. The molecule has 1 atom stereocenters. The van der Waals surface area contributed by atoms with Crippen molar-refractivity contribution in [1.82, 2.24) is 14.9 Å². The fraction of sp³-hybridized carbons (Fsp3) is 0.381. The van der Waals surface area contributed by atoms with Crippen molar-refractivity contribution in [3.05, 3.63) is 41.8 Å². The number of nitrogens with one attached hydrogen (secondary N) is 1. The Morgan fingerprint density at radius 2 is 2.00 bits per heavy atom. The summed E-state index contributed by atoms with van der Waals surface area (Å²) in [4.78, 5) is 27.2. The Balaban J connectivity index is 1.57. The second kappa shape index (κ2) is 8.59. The van der Waals surface area contributed by atoms with E-state index in [-0.39, 0.29) is 11.2 Å². The van der Waals surface area contributed by atoms with Crippen LogP contribution in [0.4, 0.5) is 0 Å². The molecule has 1 amide bonds. The molecule has 5 nitrogen and oxygen atoms in total. The van der Waals surface area contributed by atoms with Crippen molar-refractivity contribution in [3.63, 3.8) is 0 Å². The largest absolute Gasteiger partial charge is 0.332 e. The van der Waals surface area contributed by atoms with Crippen molar-refractivity contribution in [2.24, 2.45) is 0 Å². The number of para-hydroxylation sites is 1. The molecular formula is C21H25N4OS2+. The highest BCUT2D eigenvalue weighted by molar-refractivity contribution is 8.00. The van der Waals surface area contributed by atoms with Gasteiger partial charge in [-0.1, -0.05) is 36.0 Å². The third-order valence-corrected chi connectivity index (χ3v) is 7.18. The van der Waals surface area contributed by atoms with Crippen molar-refractivity contribution in [3.8, 4) is 10.7 Å². The third kappa shape index (κ3) is 4.06. The van der Waals surface area contributed by atoms with Gasteiger partial charge in [0.1, 0.15) is 5.03 Å². The first kappa shape index (κ1) is 19.4. The molecule has 3 aromatic rings. The number of hydrogen-bond acceptors (Lipinski definition) is 5. The van der Waals surface area contributed by atoms with E-state index in [9.17, 15) is 4.79 Å². The first-order chi connectivity index (χ1) is 13.7. The Bertz CT molecular complexity index is 952. The molecule has 7 heteroatoms. The molecule has 1 aromatic carbocycles. The van der Waals surface area contributed by atoms with Gasteiger partial charge in [-0.2, -0.15) is 0 Å². The summed E-state index contributed by atoms with van der Waals surface area (Å²) in [6.07, 6.45) is 0. The van der Waals surface area contributed by atoms with Gasteiger partial charge in [0.25, 0.3) is 0 Å². The Morgan fingerprint density at radius 3 is 2.71 bits per heavy atom. The minimum Gasteiger partial charge on any atom is -0.332 e. The average molecular weight is 414 g/mol. The quantitative estimate of drug-likeness (QED) is 0.516. The normalized spacial score (nSPS) is 16.4. The minimum atomic E-state index is -0.169. The summed E-state index contributed by atoms with van der Waals surface area (Å²) >= 11 is 3.18. The maximum absolute atomic E-state index is 13.0. The number of quaternary nitrogens is 1. The van der Waals surface area contributed by atoms with Gasteiger partial charge in [-0.3, -0.25) is 4.79 Å². The summed E-state index contributed by atoms with van der Waals surface area (Å²) < 4.78 is 0. The molecule has 28 heavy (non-hydrogen) atoms. The van der Waals surface area contributed by atoms with Gasteiger partial charge < -0.3 is 9.80 Å². The van der Waals surface area contributed by atoms with Crippen LogP contribution in [0.2, 0.25) is 0 Å². The molecule has 146 valence electrons. The topological polar surface area (TPSA) is 50.5 Å². The molecule has 0 spiro atoms. The van der Waals surface area contributed by atoms with Crippen LogP contribution in [0.1, 0.15) is 13.8 Å². The van der Waals surface area contributed by atoms with Crippen LogP contribution in [-0.2, 0) is 4.79 Å². The van der Waals surface area contributed by atoms with E-state index in [1.807, 2.05) is 53.6 Å². The summed E-state index contributed by atoms with van der Waals surface area (Å²) in [6, 6.07) is 12.1. The number of hydrogen-bond donors (Lipinski definition) is 1. The predicted octanol–water partition coefficient (Wildman–Crippen LogP) is 2.59. The molecular weight excluding hydrogens is 388 g/mol. The zero-order valence-corrected chi connectivity index (χ0v) is 17.9. The minimum absolute atomic E-state index is 0.169. The molecule has 2 aromatic heterocycles. The number of amides is 1. The van der Waals surface area contributed by atoms with Crippen molar-refractivity contribution >= 4 is 39.9 Å². The number of likely N-dealkylation sites (N-methyl/N-ethyl adjacent to an activating group) is 1. The number of benzene rings is 1. The highest BCUT2D eigenvalue weighted by Gasteiger charge is 2.27. The van der Waals surface area contributed by atoms with Gasteiger partial charge in [0.05, 0.1) is 48.4 Å². The standard InChI is InChI=1S/C21H24N4OS2/c1-3-24-10-12-25(13-11-24)21(26)15(2)28-20-16-7-4-5-8-17(16)22-19(23-20)18-9-6-14-27-18/h4-9,14-15H,3,10-13H2,1-2H3/p+1/t15-/m0/s1. The first-order valence-corrected chi connectivity index (χ1v) is 11.5. The second-order valence-corrected chi connectivity index (χ2v) is 9.31. The molecule has 0 bridgehead atoms. The molecule has 1 saturated heterocycles. The molecule has 1 N–H and O–H groups in total. The van der Waals surface area contributed by atoms with Gasteiger partial charge in [0.15, 0.2) is 5.82 Å². The lowest BCUT2D eigenvalue weighted by molar-refractivity contribution is -0.902. The SMILES string of the molecule is CC[NH+]1CCN(C(=O)[C@H](C)Sc2nc(-c3cccs3)nc3ccccc23)CC1. The van der Waals surface area contributed by atoms with Gasteiger partial charge in [-0.15, -0.1) is 11.3 Å². The number of fused-ring (bicyclic) bond motifs is 1. The van der Waals surface area contributed by atoms with Crippen LogP contribution in [0.25, 0.3) is 21.6 Å². The van der Waals surface area contributed by atoms with Crippen molar-refractivity contribution < 1.29 is 9.69 Å². The van der Waals surface area contributed by atoms with Crippen molar-refractivity contribution in [2.45, 2.75) is 24.1 Å². The number of rotatable bonds is 5. The van der Waals surface area contributed by atoms with E-state index < -0.39 is 0 Å². The van der Waals surface area contributed by atoms with E-state index in [2.05, 4.69) is 6.92 Å². The number of nitrogens with zero attached hydrogens (tertiary/aromatic N) is 3. The second-order valence-electron chi connectivity index (χ2n) is 7.04. The molecule has 1 fully saturated rings. The molecule has 3 heterocycles. The zero-order valence-electron chi connectivity index (χ0n) is 16.2. The van der Waals surface area contributed by atoms with Gasteiger partial charge >= 0.3 is 0 Å². The molecule has 1 aliphatic heterocycles. The lowest BCUT2D eigenvalue weighted by atomic mass is 10.2. The number of piperazine rings is 1. The summed E-state index contributed by atoms with van der Waals surface area (Å²) in [5.74, 6) is 0.941. The van der Waals surface area contributed by atoms with Crippen molar-refractivity contribution in [2.75, 3.05) is 32.7 Å². The predicted molar refractivity (Wildman–Crippen MR) is 116 cm³/mol. The van der Waals surface area contributed by atoms with Crippen LogP contribution in [0.5, 0.6) is 0 Å². The maximum Gasteiger partial charge on any atom is 0.236 e. The van der Waals surface area contributed by atoms with E-state index in [1.165, 1.54) is 0 Å². The molecule has 0 aliphatic carbocycles. The van der Waals surface area contributed by atoms with Crippen LogP contribution >= 0.6 is 23.1 Å². The number of carbonyl (C=O) groups is 1. The Kier molecular flexibility index (Phi) is 5.94. The van der Waals surface area contributed by atoms with E-state index in [0.717, 1.165) is 59.4 Å². The third-order valence-electron chi connectivity index (χ3n) is 5.23. The van der Waals surface area contributed by atoms with Crippen LogP contribution in [-0.4, -0.2) is 58.7 Å². The Morgan fingerprint density at radius 1 is 1.21 bits per heavy atom. The summed E-state index contributed by atoms with van der Waals surface area (Å²) in [6.45, 7) is 9.10. The number of aromatic nitrogens is 2. The average Bonchev–Trinajstić information content (AvgIpc) is 3.28. The van der Waals surface area contributed by atoms with Crippen LogP contribution < -0.4 is 4.90 Å². The van der Waals surface area contributed by atoms with Gasteiger partial charge in [0, 0.05) is 5.39 Å². The van der Waals surface area contributed by atoms with Gasteiger partial charge in [0.2, 0.25) is 5.91 Å². The molecule has 0 radical (unpaired) electrons. The number of thiophene rings is 1. The van der Waals surface area contributed by atoms with Crippen LogP contribution in [0.3, 0.4) is 0 Å². The van der Waals surface area contributed by atoms with Crippen molar-refractivity contribution in [1.29, 1.82) is 0 Å². The fourth-order valence-corrected chi connectivity index (χ4v) is 5.21. The Hall–Kier alpha value is -1.96. The van der Waals surface area contributed by atoms with Gasteiger partial charge in [-0.25, -0.2) is 9.97 Å². The molecule has 0 unspecified atom stereocenters. The summed E-state index contributed by atoms with van der Waals surface area (Å²) in [5.41, 5.74) is 0.920. The molecule has 1 aliphatic rings. The Labute approximate surface area is 173 Å². The summed E-state index contributed by atoms with van der Waals surface area (Å²) in [5, 5.41) is 3.75. The number of thioether (sulfide) groups is 1. The lowest BCUT2D eigenvalue weighted by Crippen LogP contribution is -3.14. The monoisotopic (exact) mass is 413 g/mol. The summed E-state index contributed by atoms with van der Waals surface area (Å²) in [7, 11) is 0. The number of carbonyl (C=O) groups excluding carboxylic acids is 1. The highest BCUT2D eigenvalue weighted by Crippen LogP contribution is 2.32. The fourth-order valence-electron chi connectivity index (χ4n) is 3.53. The first-order valence-electron chi connectivity index (χ1n) is 9.75. The van der Waals surface area contributed by atoms with Crippen LogP contribution in [0.15, 0.2) is 46.8 Å². The molecule has 0 saturated carbocycles. The molecule has 4 rings (SSSR count). The van der Waals surface area contributed by atoms with Crippen LogP contribution in [0, 0.1) is 0 Å². The van der Waals surface area contributed by atoms with E-state index in [1.54, 1.807) is 28.0 Å².